The Balaban J connectivity index is 2.52. The summed E-state index contributed by atoms with van der Waals surface area (Å²) in [4.78, 5) is 10.2. The van der Waals surface area contributed by atoms with Crippen molar-refractivity contribution in [2.24, 2.45) is 5.14 Å². The molecular formula is C16H18FN3O6S2. The molecule has 152 valence electrons. The van der Waals surface area contributed by atoms with E-state index in [2.05, 4.69) is 10.0 Å². The monoisotopic (exact) mass is 431 g/mol. The van der Waals surface area contributed by atoms with Gasteiger partial charge in [0.1, 0.15) is 5.82 Å². The number of halogens is 1. The molecule has 2 rings (SSSR count). The number of anilines is 2. The molecule has 2 aromatic carbocycles. The van der Waals surface area contributed by atoms with Gasteiger partial charge in [-0.15, -0.1) is 0 Å². The van der Waals surface area contributed by atoms with E-state index in [-0.39, 0.29) is 10.6 Å². The van der Waals surface area contributed by atoms with Crippen LogP contribution in [-0.2, 0) is 20.0 Å². The zero-order valence-corrected chi connectivity index (χ0v) is 16.3. The average Bonchev–Trinajstić information content (AvgIpc) is 2.59. The molecule has 0 amide bonds. The van der Waals surface area contributed by atoms with Gasteiger partial charge < -0.3 is 10.4 Å². The summed E-state index contributed by atoms with van der Waals surface area (Å²) in [5.74, 6) is -2.72. The van der Waals surface area contributed by atoms with Gasteiger partial charge in [-0.05, 0) is 42.8 Å². The van der Waals surface area contributed by atoms with Gasteiger partial charge in [0.15, 0.2) is 0 Å². The number of benzene rings is 2. The molecule has 0 atom stereocenters. The lowest BCUT2D eigenvalue weighted by Gasteiger charge is -2.15. The van der Waals surface area contributed by atoms with E-state index >= 15 is 0 Å². The van der Waals surface area contributed by atoms with Gasteiger partial charge in [-0.3, -0.25) is 4.72 Å². The molecule has 5 N–H and O–H groups in total. The van der Waals surface area contributed by atoms with Crippen LogP contribution >= 0.6 is 0 Å². The summed E-state index contributed by atoms with van der Waals surface area (Å²) < 4.78 is 64.2. The van der Waals surface area contributed by atoms with Crippen molar-refractivity contribution in [3.8, 4) is 0 Å². The lowest BCUT2D eigenvalue weighted by atomic mass is 10.2. The molecular weight excluding hydrogens is 413 g/mol. The molecule has 9 nitrogen and oxygen atoms in total. The van der Waals surface area contributed by atoms with Crippen LogP contribution in [0.3, 0.4) is 0 Å². The highest BCUT2D eigenvalue weighted by atomic mass is 32.2. The molecule has 0 fully saturated rings. The summed E-state index contributed by atoms with van der Waals surface area (Å²) in [6.45, 7) is 2.35. The Bertz CT molecular complexity index is 1120. The third-order valence-corrected chi connectivity index (χ3v) is 5.88. The van der Waals surface area contributed by atoms with Crippen LogP contribution < -0.4 is 15.2 Å². The third kappa shape index (κ3) is 4.97. The molecule has 28 heavy (non-hydrogen) atoms. The van der Waals surface area contributed by atoms with Crippen molar-refractivity contribution in [2.75, 3.05) is 16.6 Å². The van der Waals surface area contributed by atoms with Crippen LogP contribution in [0.25, 0.3) is 0 Å². The normalized spacial score (nSPS) is 11.8. The Morgan fingerprint density at radius 1 is 1.07 bits per heavy atom. The number of carboxylic acid groups (broad SMARTS) is 1. The molecule has 0 heterocycles. The number of rotatable bonds is 8. The molecule has 0 saturated heterocycles. The van der Waals surface area contributed by atoms with Crippen molar-refractivity contribution in [1.82, 2.24) is 0 Å². The van der Waals surface area contributed by atoms with Gasteiger partial charge in [0.05, 0.1) is 26.7 Å². The summed E-state index contributed by atoms with van der Waals surface area (Å²) in [6, 6.07) is 5.88. The largest absolute Gasteiger partial charge is 0.478 e. The number of hydrogen-bond acceptors (Lipinski definition) is 6. The molecule has 0 aliphatic rings. The fourth-order valence-electron chi connectivity index (χ4n) is 2.24. The van der Waals surface area contributed by atoms with Gasteiger partial charge >= 0.3 is 5.97 Å². The van der Waals surface area contributed by atoms with Crippen molar-refractivity contribution in [1.29, 1.82) is 0 Å². The van der Waals surface area contributed by atoms with Crippen LogP contribution in [0, 0.1) is 5.82 Å². The maximum Gasteiger partial charge on any atom is 0.338 e. The maximum atomic E-state index is 13.5. The first-order valence-corrected chi connectivity index (χ1v) is 10.9. The number of nitrogens with one attached hydrogen (secondary N) is 2. The molecule has 0 aliphatic carbocycles. The molecule has 12 heteroatoms. The lowest BCUT2D eigenvalue weighted by molar-refractivity contribution is 0.0691. The van der Waals surface area contributed by atoms with Gasteiger partial charge in [0.2, 0.25) is 10.0 Å². The first kappa shape index (κ1) is 21.6. The van der Waals surface area contributed by atoms with Crippen molar-refractivity contribution in [3.63, 3.8) is 0 Å². The molecule has 0 spiro atoms. The number of carboxylic acids is 1. The summed E-state index contributed by atoms with van der Waals surface area (Å²) in [6.07, 6.45) is 0.711. The summed E-state index contributed by atoms with van der Waals surface area (Å²) in [5, 5.41) is 17.0. The maximum absolute atomic E-state index is 13.5. The molecule has 0 saturated carbocycles. The average molecular weight is 431 g/mol. The minimum absolute atomic E-state index is 0.110. The van der Waals surface area contributed by atoms with Crippen LogP contribution in [0.1, 0.15) is 23.7 Å². The SMILES string of the molecule is CCCNc1ccc(S(N)(=O)=O)cc1NS(=O)(=O)c1ccc(F)c(C(=O)O)c1. The smallest absolute Gasteiger partial charge is 0.338 e. The zero-order valence-electron chi connectivity index (χ0n) is 14.6. The number of sulfonamides is 2. The van der Waals surface area contributed by atoms with E-state index < -0.39 is 42.3 Å². The van der Waals surface area contributed by atoms with E-state index in [4.69, 9.17) is 10.2 Å². The predicted molar refractivity (Wildman–Crippen MR) is 101 cm³/mol. The number of nitrogens with two attached hydrogens (primary N) is 1. The molecule has 0 radical (unpaired) electrons. The standard InChI is InChI=1S/C16H18FN3O6S2/c1-2-7-19-14-6-4-10(27(18,23)24)9-15(14)20-28(25,26)11-3-5-13(17)12(8-11)16(21)22/h3-6,8-9,19-20H,2,7H2,1H3,(H,21,22)(H2,18,23,24). The summed E-state index contributed by atoms with van der Waals surface area (Å²) in [5.41, 5.74) is -0.634. The van der Waals surface area contributed by atoms with Crippen molar-refractivity contribution >= 4 is 37.4 Å². The molecule has 2 aromatic rings. The lowest BCUT2D eigenvalue weighted by Crippen LogP contribution is -2.17. The quantitative estimate of drug-likeness (QED) is 0.496. The highest BCUT2D eigenvalue weighted by Crippen LogP contribution is 2.28. The minimum Gasteiger partial charge on any atom is -0.478 e. The zero-order chi connectivity index (χ0) is 21.1. The molecule has 0 bridgehead atoms. The van der Waals surface area contributed by atoms with Crippen molar-refractivity contribution < 1.29 is 31.1 Å². The van der Waals surface area contributed by atoms with E-state index in [0.29, 0.717) is 24.7 Å². The van der Waals surface area contributed by atoms with Gasteiger partial charge in [0, 0.05) is 6.54 Å². The van der Waals surface area contributed by atoms with Gasteiger partial charge in [-0.1, -0.05) is 6.92 Å². The van der Waals surface area contributed by atoms with Gasteiger partial charge in [-0.2, -0.15) is 0 Å². The Morgan fingerprint density at radius 2 is 1.71 bits per heavy atom. The second kappa shape index (κ2) is 8.12. The number of aromatic carboxylic acids is 1. The van der Waals surface area contributed by atoms with Gasteiger partial charge in [-0.25, -0.2) is 31.2 Å². The van der Waals surface area contributed by atoms with Crippen LogP contribution in [0.5, 0.6) is 0 Å². The first-order chi connectivity index (χ1) is 13.0. The van der Waals surface area contributed by atoms with Crippen LogP contribution in [0.4, 0.5) is 15.8 Å². The fourth-order valence-corrected chi connectivity index (χ4v) is 3.87. The molecule has 0 aromatic heterocycles. The van der Waals surface area contributed by atoms with Crippen molar-refractivity contribution in [3.05, 3.63) is 47.8 Å². The summed E-state index contributed by atoms with van der Waals surface area (Å²) in [7, 11) is -8.45. The second-order valence-electron chi connectivity index (χ2n) is 5.73. The minimum atomic E-state index is -4.35. The van der Waals surface area contributed by atoms with E-state index in [9.17, 15) is 26.0 Å². The number of hydrogen-bond donors (Lipinski definition) is 4. The van der Waals surface area contributed by atoms with Crippen molar-refractivity contribution in [2.45, 2.75) is 23.1 Å². The van der Waals surface area contributed by atoms with E-state index in [0.717, 1.165) is 18.2 Å². The topological polar surface area (TPSA) is 156 Å². The van der Waals surface area contributed by atoms with Crippen LogP contribution in [0.15, 0.2) is 46.2 Å². The Morgan fingerprint density at radius 3 is 2.29 bits per heavy atom. The van der Waals surface area contributed by atoms with Gasteiger partial charge in [0.25, 0.3) is 10.0 Å². The number of carbonyl (C=O) groups is 1. The second-order valence-corrected chi connectivity index (χ2v) is 8.98. The van der Waals surface area contributed by atoms with Crippen LogP contribution in [-0.4, -0.2) is 34.5 Å². The molecule has 0 aliphatic heterocycles. The highest BCUT2D eigenvalue weighted by molar-refractivity contribution is 7.92. The Kier molecular flexibility index (Phi) is 6.27. The summed E-state index contributed by atoms with van der Waals surface area (Å²) >= 11 is 0. The van der Waals surface area contributed by atoms with E-state index in [1.54, 1.807) is 0 Å². The van der Waals surface area contributed by atoms with E-state index in [1.807, 2.05) is 6.92 Å². The molecule has 0 unspecified atom stereocenters. The Labute approximate surface area is 161 Å². The fraction of sp³-hybridized carbons (Fsp3) is 0.188. The first-order valence-electron chi connectivity index (χ1n) is 7.92. The van der Waals surface area contributed by atoms with Crippen LogP contribution in [0.2, 0.25) is 0 Å². The highest BCUT2D eigenvalue weighted by Gasteiger charge is 2.21. The third-order valence-electron chi connectivity index (χ3n) is 3.61. The predicted octanol–water partition coefficient (Wildman–Crippen LogP) is 1.79. The Hall–Kier alpha value is -2.70. The number of primary sulfonamides is 1. The van der Waals surface area contributed by atoms with E-state index in [1.165, 1.54) is 12.1 Å².